The number of hydrogen-bond acceptors (Lipinski definition) is 5. The highest BCUT2D eigenvalue weighted by Crippen LogP contribution is 2.21. The van der Waals surface area contributed by atoms with Gasteiger partial charge in [-0.1, -0.05) is 6.07 Å². The lowest BCUT2D eigenvalue weighted by atomic mass is 10.2. The Balaban J connectivity index is 1.92. The Morgan fingerprint density at radius 1 is 1.26 bits per heavy atom. The number of aromatic amines is 1. The topological polar surface area (TPSA) is 68.1 Å². The van der Waals surface area contributed by atoms with Gasteiger partial charge in [-0.05, 0) is 55.5 Å². The van der Waals surface area contributed by atoms with Gasteiger partial charge < -0.3 is 4.74 Å². The lowest BCUT2D eigenvalue weighted by molar-refractivity contribution is 0.340. The van der Waals surface area contributed by atoms with E-state index >= 15 is 0 Å². The standard InChI is InChI=1S/C16H15N5OS/c1-2-22-14-8-6-12(7-9-14)15-19-20-16(23)21(15)18-11-13-5-3-4-10-17-13/h3-11H,2H2,1H3,(H,20,23)/b18-11-. The van der Waals surface area contributed by atoms with Gasteiger partial charge in [0.2, 0.25) is 4.77 Å². The molecule has 3 aromatic rings. The largest absolute Gasteiger partial charge is 0.494 e. The number of aromatic nitrogens is 4. The van der Waals surface area contributed by atoms with E-state index in [1.54, 1.807) is 17.1 Å². The van der Waals surface area contributed by atoms with E-state index in [0.717, 1.165) is 17.0 Å². The van der Waals surface area contributed by atoms with Gasteiger partial charge in [0, 0.05) is 11.8 Å². The molecule has 0 saturated heterocycles. The third kappa shape index (κ3) is 3.51. The fourth-order valence-corrected chi connectivity index (χ4v) is 2.20. The predicted molar refractivity (Wildman–Crippen MR) is 91.2 cm³/mol. The van der Waals surface area contributed by atoms with Crippen LogP contribution in [0.25, 0.3) is 11.4 Å². The number of hydrogen-bond donors (Lipinski definition) is 1. The molecule has 0 fully saturated rings. The Morgan fingerprint density at radius 2 is 2.09 bits per heavy atom. The summed E-state index contributed by atoms with van der Waals surface area (Å²) in [4.78, 5) is 4.20. The van der Waals surface area contributed by atoms with Crippen LogP contribution in [-0.2, 0) is 0 Å². The molecule has 0 radical (unpaired) electrons. The Morgan fingerprint density at radius 3 is 2.78 bits per heavy atom. The van der Waals surface area contributed by atoms with Crippen molar-refractivity contribution in [1.29, 1.82) is 0 Å². The maximum Gasteiger partial charge on any atom is 0.216 e. The van der Waals surface area contributed by atoms with Gasteiger partial charge in [0.25, 0.3) is 0 Å². The molecule has 23 heavy (non-hydrogen) atoms. The van der Waals surface area contributed by atoms with Crippen molar-refractivity contribution < 1.29 is 4.74 Å². The van der Waals surface area contributed by atoms with Gasteiger partial charge in [0.15, 0.2) is 5.82 Å². The Bertz CT molecular complexity index is 852. The summed E-state index contributed by atoms with van der Waals surface area (Å²) in [6.07, 6.45) is 3.35. The van der Waals surface area contributed by atoms with Crippen molar-refractivity contribution in [1.82, 2.24) is 19.9 Å². The Hall–Kier alpha value is -2.80. The van der Waals surface area contributed by atoms with Crippen molar-refractivity contribution in [2.24, 2.45) is 5.10 Å². The maximum absolute atomic E-state index is 5.44. The molecule has 1 aromatic carbocycles. The first-order chi connectivity index (χ1) is 11.3. The minimum absolute atomic E-state index is 0.418. The average molecular weight is 325 g/mol. The third-order valence-electron chi connectivity index (χ3n) is 3.07. The van der Waals surface area contributed by atoms with Crippen LogP contribution in [0.15, 0.2) is 53.8 Å². The average Bonchev–Trinajstić information content (AvgIpc) is 2.96. The molecule has 0 atom stereocenters. The van der Waals surface area contributed by atoms with Crippen molar-refractivity contribution >= 4 is 18.4 Å². The van der Waals surface area contributed by atoms with E-state index in [1.807, 2.05) is 49.4 Å². The number of H-pyrrole nitrogens is 1. The van der Waals surface area contributed by atoms with E-state index in [0.29, 0.717) is 17.2 Å². The highest BCUT2D eigenvalue weighted by Gasteiger charge is 2.08. The summed E-state index contributed by atoms with van der Waals surface area (Å²) >= 11 is 5.24. The van der Waals surface area contributed by atoms with Crippen LogP contribution in [0.1, 0.15) is 12.6 Å². The van der Waals surface area contributed by atoms with Gasteiger partial charge in [-0.3, -0.25) is 4.98 Å². The molecular formula is C16H15N5OS. The smallest absolute Gasteiger partial charge is 0.216 e. The maximum atomic E-state index is 5.44. The first-order valence-corrected chi connectivity index (χ1v) is 7.55. The van der Waals surface area contributed by atoms with E-state index in [-0.39, 0.29) is 0 Å². The summed E-state index contributed by atoms with van der Waals surface area (Å²) < 4.78 is 7.43. The first-order valence-electron chi connectivity index (χ1n) is 7.14. The van der Waals surface area contributed by atoms with Crippen molar-refractivity contribution in [3.63, 3.8) is 0 Å². The number of nitrogens with zero attached hydrogens (tertiary/aromatic N) is 4. The van der Waals surface area contributed by atoms with E-state index in [4.69, 9.17) is 17.0 Å². The molecule has 3 rings (SSSR count). The molecule has 6 nitrogen and oxygen atoms in total. The van der Waals surface area contributed by atoms with Crippen molar-refractivity contribution in [3.8, 4) is 17.1 Å². The molecule has 7 heteroatoms. The van der Waals surface area contributed by atoms with E-state index in [9.17, 15) is 0 Å². The molecule has 0 unspecified atom stereocenters. The van der Waals surface area contributed by atoms with E-state index in [2.05, 4.69) is 20.3 Å². The van der Waals surface area contributed by atoms with Gasteiger partial charge in [-0.25, -0.2) is 5.10 Å². The molecule has 0 saturated carbocycles. The van der Waals surface area contributed by atoms with Crippen molar-refractivity contribution in [2.45, 2.75) is 6.92 Å². The Labute approximate surface area is 138 Å². The summed E-state index contributed by atoms with van der Waals surface area (Å²) in [5.74, 6) is 1.44. The molecule has 0 aliphatic heterocycles. The number of ether oxygens (including phenoxy) is 1. The summed E-state index contributed by atoms with van der Waals surface area (Å²) in [6, 6.07) is 13.2. The van der Waals surface area contributed by atoms with Gasteiger partial charge in [-0.2, -0.15) is 14.9 Å². The van der Waals surface area contributed by atoms with Gasteiger partial charge in [0.1, 0.15) is 5.75 Å². The molecular weight excluding hydrogens is 310 g/mol. The van der Waals surface area contributed by atoms with Crippen molar-refractivity contribution in [3.05, 3.63) is 59.1 Å². The Kier molecular flexibility index (Phi) is 4.58. The van der Waals surface area contributed by atoms with Crippen LogP contribution in [0.2, 0.25) is 0 Å². The third-order valence-corrected chi connectivity index (χ3v) is 3.33. The second-order valence-electron chi connectivity index (χ2n) is 4.62. The highest BCUT2D eigenvalue weighted by molar-refractivity contribution is 7.71. The van der Waals surface area contributed by atoms with E-state index < -0.39 is 0 Å². The van der Waals surface area contributed by atoms with Crippen LogP contribution >= 0.6 is 12.2 Å². The number of nitrogens with one attached hydrogen (secondary N) is 1. The zero-order valence-corrected chi connectivity index (χ0v) is 13.3. The fourth-order valence-electron chi connectivity index (χ4n) is 2.02. The fraction of sp³-hybridized carbons (Fsp3) is 0.125. The van der Waals surface area contributed by atoms with Crippen LogP contribution in [0.4, 0.5) is 0 Å². The van der Waals surface area contributed by atoms with Gasteiger partial charge >= 0.3 is 0 Å². The number of benzene rings is 1. The molecule has 0 bridgehead atoms. The molecule has 116 valence electrons. The lowest BCUT2D eigenvalue weighted by Gasteiger charge is -2.04. The number of pyridine rings is 1. The molecule has 0 aliphatic carbocycles. The lowest BCUT2D eigenvalue weighted by Crippen LogP contribution is -1.96. The van der Waals surface area contributed by atoms with E-state index in [1.165, 1.54) is 0 Å². The summed E-state index contributed by atoms with van der Waals surface area (Å²) in [5.41, 5.74) is 1.63. The predicted octanol–water partition coefficient (Wildman–Crippen LogP) is 3.28. The summed E-state index contributed by atoms with van der Waals surface area (Å²) in [7, 11) is 0. The first kappa shape index (κ1) is 15.1. The normalized spacial score (nSPS) is 11.0. The minimum atomic E-state index is 0.418. The quantitative estimate of drug-likeness (QED) is 0.577. The zero-order chi connectivity index (χ0) is 16.1. The summed E-state index contributed by atoms with van der Waals surface area (Å²) in [6.45, 7) is 2.58. The second-order valence-corrected chi connectivity index (χ2v) is 5.01. The molecule has 1 N–H and O–H groups in total. The molecule has 0 spiro atoms. The van der Waals surface area contributed by atoms with Crippen LogP contribution in [-0.4, -0.2) is 32.7 Å². The molecule has 0 amide bonds. The minimum Gasteiger partial charge on any atom is -0.494 e. The SMILES string of the molecule is CCOc1ccc(-c2n[nH]c(=S)n2/N=C\c2ccccn2)cc1. The number of rotatable bonds is 5. The van der Waals surface area contributed by atoms with Crippen LogP contribution in [0, 0.1) is 4.77 Å². The zero-order valence-electron chi connectivity index (χ0n) is 12.5. The van der Waals surface area contributed by atoms with Crippen LogP contribution in [0.3, 0.4) is 0 Å². The second kappa shape index (κ2) is 6.97. The molecule has 2 aromatic heterocycles. The van der Waals surface area contributed by atoms with Gasteiger partial charge in [0.05, 0.1) is 18.5 Å². The summed E-state index contributed by atoms with van der Waals surface area (Å²) in [5, 5.41) is 11.4. The molecule has 2 heterocycles. The highest BCUT2D eigenvalue weighted by atomic mass is 32.1. The van der Waals surface area contributed by atoms with Crippen LogP contribution < -0.4 is 4.74 Å². The monoisotopic (exact) mass is 325 g/mol. The molecule has 0 aliphatic rings. The van der Waals surface area contributed by atoms with Crippen LogP contribution in [0.5, 0.6) is 5.75 Å². The van der Waals surface area contributed by atoms with Gasteiger partial charge in [-0.15, -0.1) is 0 Å². The van der Waals surface area contributed by atoms with Crippen molar-refractivity contribution in [2.75, 3.05) is 6.61 Å².